The van der Waals surface area contributed by atoms with Gasteiger partial charge in [0.05, 0.1) is 10.7 Å². The lowest BCUT2D eigenvalue weighted by Crippen LogP contribution is -2.54. The molecule has 2 atom stereocenters. The molecule has 2 aromatic rings. The predicted octanol–water partition coefficient (Wildman–Crippen LogP) is 7.38. The van der Waals surface area contributed by atoms with E-state index in [1.165, 1.54) is 17.0 Å². The molecule has 9 heteroatoms. The van der Waals surface area contributed by atoms with Gasteiger partial charge in [0, 0.05) is 6.54 Å². The van der Waals surface area contributed by atoms with Crippen LogP contribution in [0.15, 0.2) is 42.5 Å². The van der Waals surface area contributed by atoms with Gasteiger partial charge in [-0.05, 0) is 69.4 Å². The number of aryl methyl sites for hydroxylation is 1. The van der Waals surface area contributed by atoms with Crippen molar-refractivity contribution in [2.45, 2.75) is 98.3 Å². The van der Waals surface area contributed by atoms with E-state index in [9.17, 15) is 19.5 Å². The molecule has 3 N–H and O–H groups in total. The summed E-state index contributed by atoms with van der Waals surface area (Å²) in [6.07, 6.45) is 3.98. The Morgan fingerprint density at radius 3 is 2.27 bits per heavy atom. The van der Waals surface area contributed by atoms with E-state index in [1.807, 2.05) is 26.8 Å². The van der Waals surface area contributed by atoms with E-state index in [-0.39, 0.29) is 18.2 Å². The van der Waals surface area contributed by atoms with Crippen molar-refractivity contribution >= 4 is 35.2 Å². The summed E-state index contributed by atoms with van der Waals surface area (Å²) in [5.41, 5.74) is 0.912. The molecular weight excluding hydrogens is 542 g/mol. The summed E-state index contributed by atoms with van der Waals surface area (Å²) < 4.78 is 5.44. The van der Waals surface area contributed by atoms with E-state index in [1.54, 1.807) is 45.0 Å². The SMILES string of the molecule is CCCCCCCN(C(=O)C(NC(=O)OC(C)(C)C)C(C)C)C(C(=O)Nc1c(C)cccc1Cl)c1cccc(O)c1. The number of alkyl carbamates (subject to hydrolysis) is 1. The number of para-hydroxylation sites is 1. The summed E-state index contributed by atoms with van der Waals surface area (Å²) in [5, 5.41) is 16.3. The Labute approximate surface area is 249 Å². The highest BCUT2D eigenvalue weighted by Crippen LogP contribution is 2.31. The standard InChI is InChI=1S/C32H46ClN3O5/c1-8-9-10-11-12-19-36(30(39)26(21(2)3)35-31(40)41-32(5,6)7)28(23-16-14-17-24(37)20-23)29(38)34-27-22(4)15-13-18-25(27)33/h13-18,20-21,26,28,37H,8-12,19H2,1-7H3,(H,34,38)(H,35,40). The number of hydrogen-bond donors (Lipinski definition) is 3. The molecule has 0 aromatic heterocycles. The summed E-state index contributed by atoms with van der Waals surface area (Å²) in [6.45, 7) is 13.1. The molecule has 0 aliphatic rings. The van der Waals surface area contributed by atoms with Crippen LogP contribution in [0.1, 0.15) is 90.8 Å². The molecule has 2 unspecified atom stereocenters. The lowest BCUT2D eigenvalue weighted by molar-refractivity contribution is -0.141. The van der Waals surface area contributed by atoms with E-state index < -0.39 is 35.6 Å². The van der Waals surface area contributed by atoms with Crippen LogP contribution in [-0.4, -0.2) is 46.1 Å². The number of anilines is 1. The monoisotopic (exact) mass is 587 g/mol. The first-order valence-corrected chi connectivity index (χ1v) is 14.8. The Morgan fingerprint density at radius 1 is 1.02 bits per heavy atom. The molecule has 0 aliphatic carbocycles. The van der Waals surface area contributed by atoms with Gasteiger partial charge in [-0.25, -0.2) is 4.79 Å². The number of ether oxygens (including phenoxy) is 1. The molecule has 0 radical (unpaired) electrons. The van der Waals surface area contributed by atoms with Crippen LogP contribution in [0, 0.1) is 12.8 Å². The first kappa shape index (κ1) is 33.9. The molecule has 0 bridgehead atoms. The van der Waals surface area contributed by atoms with Crippen LogP contribution < -0.4 is 10.6 Å². The molecule has 2 aromatic carbocycles. The van der Waals surface area contributed by atoms with Crippen LogP contribution >= 0.6 is 11.6 Å². The van der Waals surface area contributed by atoms with E-state index >= 15 is 0 Å². The van der Waals surface area contributed by atoms with Gasteiger partial charge in [-0.3, -0.25) is 9.59 Å². The lowest BCUT2D eigenvalue weighted by Gasteiger charge is -2.36. The van der Waals surface area contributed by atoms with Crippen molar-refractivity contribution < 1.29 is 24.2 Å². The van der Waals surface area contributed by atoms with Gasteiger partial charge in [0.2, 0.25) is 5.91 Å². The molecule has 0 spiro atoms. The average Bonchev–Trinajstić information content (AvgIpc) is 2.87. The van der Waals surface area contributed by atoms with Gasteiger partial charge in [0.15, 0.2) is 0 Å². The fraction of sp³-hybridized carbons (Fsp3) is 0.531. The Morgan fingerprint density at radius 2 is 1.68 bits per heavy atom. The van der Waals surface area contributed by atoms with Crippen molar-refractivity contribution in [1.29, 1.82) is 0 Å². The third-order valence-corrected chi connectivity index (χ3v) is 6.92. The third-order valence-electron chi connectivity index (χ3n) is 6.61. The average molecular weight is 588 g/mol. The zero-order valence-electron chi connectivity index (χ0n) is 25.4. The predicted molar refractivity (Wildman–Crippen MR) is 164 cm³/mol. The number of unbranched alkanes of at least 4 members (excludes halogenated alkanes) is 4. The van der Waals surface area contributed by atoms with Crippen molar-refractivity contribution in [3.8, 4) is 5.75 Å². The maximum Gasteiger partial charge on any atom is 0.408 e. The van der Waals surface area contributed by atoms with Crippen molar-refractivity contribution in [2.75, 3.05) is 11.9 Å². The quantitative estimate of drug-likeness (QED) is 0.212. The summed E-state index contributed by atoms with van der Waals surface area (Å²) in [5.74, 6) is -1.22. The van der Waals surface area contributed by atoms with Crippen molar-refractivity contribution in [3.05, 3.63) is 58.6 Å². The van der Waals surface area contributed by atoms with Crippen molar-refractivity contribution in [3.63, 3.8) is 0 Å². The summed E-state index contributed by atoms with van der Waals surface area (Å²) >= 11 is 6.43. The molecule has 0 aliphatic heterocycles. The number of halogens is 1. The normalized spacial score (nSPS) is 12.9. The molecule has 8 nitrogen and oxygen atoms in total. The van der Waals surface area contributed by atoms with Crippen LogP contribution in [0.5, 0.6) is 5.75 Å². The number of carbonyl (C=O) groups is 3. The van der Waals surface area contributed by atoms with E-state index in [4.69, 9.17) is 16.3 Å². The summed E-state index contributed by atoms with van der Waals surface area (Å²) in [7, 11) is 0. The molecule has 41 heavy (non-hydrogen) atoms. The van der Waals surface area contributed by atoms with Crippen molar-refractivity contribution in [2.24, 2.45) is 5.92 Å². The molecule has 3 amide bonds. The van der Waals surface area contributed by atoms with Crippen LogP contribution in [-0.2, 0) is 14.3 Å². The van der Waals surface area contributed by atoms with E-state index in [0.717, 1.165) is 31.2 Å². The van der Waals surface area contributed by atoms with Gasteiger partial charge < -0.3 is 25.4 Å². The van der Waals surface area contributed by atoms with Gasteiger partial charge >= 0.3 is 6.09 Å². The number of aromatic hydroxyl groups is 1. The highest BCUT2D eigenvalue weighted by atomic mass is 35.5. The summed E-state index contributed by atoms with van der Waals surface area (Å²) in [4.78, 5) is 42.6. The second-order valence-corrected chi connectivity index (χ2v) is 12.1. The minimum Gasteiger partial charge on any atom is -0.508 e. The number of benzene rings is 2. The number of rotatable bonds is 13. The first-order valence-electron chi connectivity index (χ1n) is 14.4. The minimum absolute atomic E-state index is 0.0307. The number of hydrogen-bond acceptors (Lipinski definition) is 5. The number of nitrogens with one attached hydrogen (secondary N) is 2. The largest absolute Gasteiger partial charge is 0.508 e. The Hall–Kier alpha value is -3.26. The van der Waals surface area contributed by atoms with E-state index in [2.05, 4.69) is 17.6 Å². The van der Waals surface area contributed by atoms with Crippen molar-refractivity contribution in [1.82, 2.24) is 10.2 Å². The Balaban J connectivity index is 2.56. The zero-order valence-corrected chi connectivity index (χ0v) is 26.2. The second kappa shape index (κ2) is 15.7. The highest BCUT2D eigenvalue weighted by molar-refractivity contribution is 6.34. The van der Waals surface area contributed by atoms with Gasteiger partial charge in [0.25, 0.3) is 5.91 Å². The molecule has 0 saturated heterocycles. The highest BCUT2D eigenvalue weighted by Gasteiger charge is 2.37. The Bertz CT molecular complexity index is 1160. The number of phenols is 1. The molecule has 0 fully saturated rings. The topological polar surface area (TPSA) is 108 Å². The summed E-state index contributed by atoms with van der Waals surface area (Å²) in [6, 6.07) is 9.59. The number of carbonyl (C=O) groups excluding carboxylic acids is 3. The Kier molecular flexibility index (Phi) is 13.0. The number of nitrogens with zero attached hydrogens (tertiary/aromatic N) is 1. The lowest BCUT2D eigenvalue weighted by atomic mass is 9.98. The molecule has 0 heterocycles. The van der Waals surface area contributed by atoms with Crippen LogP contribution in [0.3, 0.4) is 0 Å². The van der Waals surface area contributed by atoms with Crippen LogP contribution in [0.2, 0.25) is 5.02 Å². The maximum atomic E-state index is 14.3. The fourth-order valence-electron chi connectivity index (χ4n) is 4.53. The second-order valence-electron chi connectivity index (χ2n) is 11.7. The maximum absolute atomic E-state index is 14.3. The molecular formula is C32H46ClN3O5. The van der Waals surface area contributed by atoms with Crippen LogP contribution in [0.4, 0.5) is 10.5 Å². The number of amides is 3. The van der Waals surface area contributed by atoms with Gasteiger partial charge in [-0.15, -0.1) is 0 Å². The van der Waals surface area contributed by atoms with Gasteiger partial charge in [0.1, 0.15) is 23.4 Å². The fourth-order valence-corrected chi connectivity index (χ4v) is 4.80. The zero-order chi connectivity index (χ0) is 30.7. The van der Waals surface area contributed by atoms with Gasteiger partial charge in [-0.2, -0.15) is 0 Å². The first-order chi connectivity index (χ1) is 19.2. The smallest absolute Gasteiger partial charge is 0.408 e. The molecule has 226 valence electrons. The number of phenolic OH excluding ortho intramolecular Hbond substituents is 1. The van der Waals surface area contributed by atoms with E-state index in [0.29, 0.717) is 22.7 Å². The molecule has 0 saturated carbocycles. The third kappa shape index (κ3) is 10.6. The minimum atomic E-state index is -1.10. The molecule has 2 rings (SSSR count). The van der Waals surface area contributed by atoms with Gasteiger partial charge in [-0.1, -0.05) is 82.3 Å². The van der Waals surface area contributed by atoms with Crippen LogP contribution in [0.25, 0.3) is 0 Å².